The fourth-order valence-corrected chi connectivity index (χ4v) is 3.19. The van der Waals surface area contributed by atoms with Gasteiger partial charge in [0.1, 0.15) is 0 Å². The van der Waals surface area contributed by atoms with E-state index in [-0.39, 0.29) is 18.3 Å². The highest BCUT2D eigenvalue weighted by Gasteiger charge is 2.09. The Kier molecular flexibility index (Phi) is 12.1. The van der Waals surface area contributed by atoms with Crippen LogP contribution in [0.3, 0.4) is 0 Å². The molecule has 1 amide bonds. The number of hydrogen-bond acceptors (Lipinski definition) is 6. The molecule has 0 radical (unpaired) electrons. The van der Waals surface area contributed by atoms with Crippen LogP contribution < -0.4 is 14.8 Å². The molecule has 0 aliphatic heterocycles. The summed E-state index contributed by atoms with van der Waals surface area (Å²) in [6, 6.07) is 12.6. The normalized spacial score (nSPS) is 10.7. The predicted octanol–water partition coefficient (Wildman–Crippen LogP) is 4.77. The monoisotopic (exact) mass is 481 g/mol. The number of hydrogen-bond donors (Lipinski definition) is 1. The summed E-state index contributed by atoms with van der Waals surface area (Å²) in [6.45, 7) is 6.89. The summed E-state index contributed by atoms with van der Waals surface area (Å²) in [5.41, 5.74) is 2.31. The first-order valence-corrected chi connectivity index (χ1v) is 12.0. The molecule has 0 bridgehead atoms. The summed E-state index contributed by atoms with van der Waals surface area (Å²) < 4.78 is 16.5. The Hall–Kier alpha value is -3.61. The van der Waals surface area contributed by atoms with Crippen molar-refractivity contribution in [1.82, 2.24) is 5.32 Å². The number of ether oxygens (including phenoxy) is 3. The number of carbonyl (C=O) groups excluding carboxylic acids is 3. The van der Waals surface area contributed by atoms with Crippen LogP contribution in [0, 0.1) is 0 Å². The van der Waals surface area contributed by atoms with Crippen molar-refractivity contribution in [2.45, 2.75) is 46.5 Å². The average Bonchev–Trinajstić information content (AvgIpc) is 2.85. The van der Waals surface area contributed by atoms with Gasteiger partial charge in [0.25, 0.3) is 0 Å². The second-order valence-electron chi connectivity index (χ2n) is 7.99. The number of carbonyl (C=O) groups is 3. The van der Waals surface area contributed by atoms with Crippen LogP contribution in [0.25, 0.3) is 6.08 Å². The lowest BCUT2D eigenvalue weighted by Gasteiger charge is -2.12. The lowest BCUT2D eigenvalue weighted by molar-refractivity contribution is -0.136. The highest BCUT2D eigenvalue weighted by molar-refractivity contribution is 5.98. The number of aryl methyl sites for hydroxylation is 1. The first-order valence-electron chi connectivity index (χ1n) is 12.0. The van der Waals surface area contributed by atoms with Crippen molar-refractivity contribution >= 4 is 23.7 Å². The quantitative estimate of drug-likeness (QED) is 0.171. The van der Waals surface area contributed by atoms with E-state index in [2.05, 4.69) is 12.2 Å². The minimum absolute atomic E-state index is 0.0455. The Morgan fingerprint density at radius 1 is 0.943 bits per heavy atom. The van der Waals surface area contributed by atoms with Crippen molar-refractivity contribution in [2.24, 2.45) is 0 Å². The van der Waals surface area contributed by atoms with E-state index >= 15 is 0 Å². The van der Waals surface area contributed by atoms with Crippen LogP contribution in [0.2, 0.25) is 0 Å². The van der Waals surface area contributed by atoms with E-state index < -0.39 is 5.97 Å². The summed E-state index contributed by atoms with van der Waals surface area (Å²) in [5, 5.41) is 2.75. The molecule has 2 rings (SSSR count). The van der Waals surface area contributed by atoms with E-state index in [1.54, 1.807) is 24.3 Å². The molecule has 7 nitrogen and oxygen atoms in total. The van der Waals surface area contributed by atoms with E-state index in [0.717, 1.165) is 36.8 Å². The molecule has 0 heterocycles. The Balaban J connectivity index is 1.84. The maximum absolute atomic E-state index is 12.4. The van der Waals surface area contributed by atoms with Gasteiger partial charge in [0.05, 0.1) is 13.2 Å². The number of ketones is 1. The van der Waals surface area contributed by atoms with E-state index in [1.807, 2.05) is 31.2 Å². The molecule has 35 heavy (non-hydrogen) atoms. The smallest absolute Gasteiger partial charge is 0.331 e. The molecule has 188 valence electrons. The molecule has 0 spiro atoms. The van der Waals surface area contributed by atoms with Gasteiger partial charge in [0, 0.05) is 25.1 Å². The molecular weight excluding hydrogens is 446 g/mol. The summed E-state index contributed by atoms with van der Waals surface area (Å²) in [5.74, 6) is 0.367. The molecule has 2 aromatic rings. The maximum atomic E-state index is 12.4. The third-order valence-electron chi connectivity index (χ3n) is 5.07. The highest BCUT2D eigenvalue weighted by atomic mass is 16.5. The van der Waals surface area contributed by atoms with Gasteiger partial charge in [0.15, 0.2) is 23.9 Å². The molecule has 7 heteroatoms. The van der Waals surface area contributed by atoms with Gasteiger partial charge in [-0.25, -0.2) is 4.79 Å². The third kappa shape index (κ3) is 10.5. The SMILES string of the molecule is CCCCOc1ccc(/C=C/C(=O)OCC(=O)c2ccc(CCCNC(C)=O)cc2)cc1OCC. The molecule has 0 atom stereocenters. The molecule has 0 saturated carbocycles. The van der Waals surface area contributed by atoms with Crippen molar-refractivity contribution in [3.05, 3.63) is 65.2 Å². The molecule has 0 aliphatic carbocycles. The highest BCUT2D eigenvalue weighted by Crippen LogP contribution is 2.29. The minimum Gasteiger partial charge on any atom is -0.490 e. The lowest BCUT2D eigenvalue weighted by atomic mass is 10.1. The zero-order valence-electron chi connectivity index (χ0n) is 20.8. The van der Waals surface area contributed by atoms with Crippen LogP contribution in [0.5, 0.6) is 11.5 Å². The van der Waals surface area contributed by atoms with Crippen molar-refractivity contribution in [1.29, 1.82) is 0 Å². The molecule has 0 aromatic heterocycles. The van der Waals surface area contributed by atoms with Crippen molar-refractivity contribution in [2.75, 3.05) is 26.4 Å². The number of unbranched alkanes of at least 4 members (excludes halogenated alkanes) is 1. The Labute approximate surface area is 207 Å². The zero-order valence-corrected chi connectivity index (χ0v) is 20.8. The van der Waals surface area contributed by atoms with Crippen LogP contribution in [0.15, 0.2) is 48.5 Å². The van der Waals surface area contributed by atoms with Gasteiger partial charge in [-0.15, -0.1) is 0 Å². The summed E-state index contributed by atoms with van der Waals surface area (Å²) >= 11 is 0. The summed E-state index contributed by atoms with van der Waals surface area (Å²) in [4.78, 5) is 35.3. The number of esters is 1. The van der Waals surface area contributed by atoms with Crippen LogP contribution in [0.1, 0.15) is 61.5 Å². The Morgan fingerprint density at radius 3 is 2.40 bits per heavy atom. The Morgan fingerprint density at radius 2 is 1.71 bits per heavy atom. The standard InChI is InChI=1S/C28H35NO6/c1-4-6-18-34-26-15-11-23(19-27(26)33-5-2)12-16-28(32)35-20-25(31)24-13-9-22(10-14-24)8-7-17-29-21(3)30/h9-16,19H,4-8,17-18,20H2,1-3H3,(H,29,30)/b16-12+. The van der Waals surface area contributed by atoms with Crippen molar-refractivity contribution < 1.29 is 28.6 Å². The summed E-state index contributed by atoms with van der Waals surface area (Å²) in [6.07, 6.45) is 6.52. The van der Waals surface area contributed by atoms with Gasteiger partial charge in [-0.1, -0.05) is 43.7 Å². The number of amides is 1. The third-order valence-corrected chi connectivity index (χ3v) is 5.07. The van der Waals surface area contributed by atoms with E-state index in [0.29, 0.717) is 36.8 Å². The number of Topliss-reactive ketones (excluding diaryl/α,β-unsaturated/α-hetero) is 1. The van der Waals surface area contributed by atoms with E-state index in [9.17, 15) is 14.4 Å². The summed E-state index contributed by atoms with van der Waals surface area (Å²) in [7, 11) is 0. The molecule has 2 aromatic carbocycles. The number of nitrogens with one attached hydrogen (secondary N) is 1. The zero-order chi connectivity index (χ0) is 25.5. The fourth-order valence-electron chi connectivity index (χ4n) is 3.19. The molecule has 0 fully saturated rings. The minimum atomic E-state index is -0.603. The lowest BCUT2D eigenvalue weighted by Crippen LogP contribution is -2.21. The fraction of sp³-hybridized carbons (Fsp3) is 0.393. The van der Waals surface area contributed by atoms with Gasteiger partial charge >= 0.3 is 5.97 Å². The second kappa shape index (κ2) is 15.3. The Bertz CT molecular complexity index is 997. The van der Waals surface area contributed by atoms with Gasteiger partial charge < -0.3 is 19.5 Å². The predicted molar refractivity (Wildman–Crippen MR) is 136 cm³/mol. The molecule has 0 aliphatic rings. The molecular formula is C28H35NO6. The topological polar surface area (TPSA) is 90.9 Å². The maximum Gasteiger partial charge on any atom is 0.331 e. The van der Waals surface area contributed by atoms with Crippen molar-refractivity contribution in [3.63, 3.8) is 0 Å². The second-order valence-corrected chi connectivity index (χ2v) is 7.99. The van der Waals surface area contributed by atoms with Gasteiger partial charge in [-0.2, -0.15) is 0 Å². The van der Waals surface area contributed by atoms with Crippen molar-refractivity contribution in [3.8, 4) is 11.5 Å². The van der Waals surface area contributed by atoms with Crippen LogP contribution in [-0.2, 0) is 20.7 Å². The van der Waals surface area contributed by atoms with Crippen LogP contribution in [0.4, 0.5) is 0 Å². The van der Waals surface area contributed by atoms with Gasteiger partial charge in [0.2, 0.25) is 5.91 Å². The molecule has 1 N–H and O–H groups in total. The van der Waals surface area contributed by atoms with E-state index in [4.69, 9.17) is 14.2 Å². The molecule has 0 saturated heterocycles. The van der Waals surface area contributed by atoms with E-state index in [1.165, 1.54) is 13.0 Å². The van der Waals surface area contributed by atoms with Gasteiger partial charge in [-0.3, -0.25) is 9.59 Å². The van der Waals surface area contributed by atoms with Crippen LogP contribution >= 0.6 is 0 Å². The van der Waals surface area contributed by atoms with Gasteiger partial charge in [-0.05, 0) is 55.5 Å². The largest absolute Gasteiger partial charge is 0.490 e. The first kappa shape index (κ1) is 27.6. The first-order chi connectivity index (χ1) is 16.9. The average molecular weight is 482 g/mol. The van der Waals surface area contributed by atoms with Crippen LogP contribution in [-0.4, -0.2) is 44.0 Å². The number of rotatable bonds is 15. The molecule has 0 unspecified atom stereocenters. The number of benzene rings is 2.